The molecule has 1 N–H and O–H groups in total. The maximum Gasteiger partial charge on any atom is 0.230 e. The fourth-order valence-corrected chi connectivity index (χ4v) is 3.58. The third-order valence-electron chi connectivity index (χ3n) is 5.23. The lowest BCUT2D eigenvalue weighted by Gasteiger charge is -2.17. The van der Waals surface area contributed by atoms with Crippen molar-refractivity contribution in [1.82, 2.24) is 0 Å². The van der Waals surface area contributed by atoms with E-state index in [1.54, 1.807) is 0 Å². The number of nitrogens with zero attached hydrogens (tertiary/aromatic N) is 1. The minimum Gasteiger partial charge on any atom is -0.326 e. The first-order chi connectivity index (χ1) is 12.2. The standard InChI is InChI=1S/C21H22N2O2/c1-2-14-7-9-16(10-8-14)22-20(24)17-13-18(17)21(25)23-12-11-15-5-3-4-6-19(15)23/h3-10,17-18H,2,11-13H2,1H3,(H,22,24). The molecule has 2 amide bonds. The van der Waals surface area contributed by atoms with Gasteiger partial charge in [-0.3, -0.25) is 9.59 Å². The summed E-state index contributed by atoms with van der Waals surface area (Å²) in [6, 6.07) is 15.9. The molecule has 0 radical (unpaired) electrons. The molecule has 1 heterocycles. The third-order valence-corrected chi connectivity index (χ3v) is 5.23. The Morgan fingerprint density at radius 2 is 1.84 bits per heavy atom. The van der Waals surface area contributed by atoms with Gasteiger partial charge in [0, 0.05) is 17.9 Å². The molecule has 4 rings (SSSR count). The first-order valence-corrected chi connectivity index (χ1v) is 8.96. The van der Waals surface area contributed by atoms with Crippen molar-refractivity contribution in [3.8, 4) is 0 Å². The van der Waals surface area contributed by atoms with Gasteiger partial charge in [0.15, 0.2) is 0 Å². The molecule has 25 heavy (non-hydrogen) atoms. The normalized spacial score (nSPS) is 20.9. The van der Waals surface area contributed by atoms with Crippen LogP contribution in [0, 0.1) is 11.8 Å². The Morgan fingerprint density at radius 3 is 2.60 bits per heavy atom. The molecule has 1 saturated carbocycles. The van der Waals surface area contributed by atoms with Gasteiger partial charge in [-0.05, 0) is 48.6 Å². The molecule has 4 heteroatoms. The zero-order valence-corrected chi connectivity index (χ0v) is 14.4. The van der Waals surface area contributed by atoms with Crippen LogP contribution in [0.15, 0.2) is 48.5 Å². The number of anilines is 2. The summed E-state index contributed by atoms with van der Waals surface area (Å²) < 4.78 is 0. The molecule has 2 aromatic rings. The largest absolute Gasteiger partial charge is 0.326 e. The molecule has 2 aromatic carbocycles. The predicted molar refractivity (Wildman–Crippen MR) is 98.5 cm³/mol. The second-order valence-electron chi connectivity index (χ2n) is 6.86. The van der Waals surface area contributed by atoms with Gasteiger partial charge in [0.1, 0.15) is 0 Å². The Morgan fingerprint density at radius 1 is 1.08 bits per heavy atom. The van der Waals surface area contributed by atoms with E-state index in [-0.39, 0.29) is 23.7 Å². The zero-order valence-electron chi connectivity index (χ0n) is 14.4. The summed E-state index contributed by atoms with van der Waals surface area (Å²) in [7, 11) is 0. The van der Waals surface area contributed by atoms with E-state index in [0.29, 0.717) is 6.42 Å². The van der Waals surface area contributed by atoms with E-state index in [0.717, 1.165) is 30.8 Å². The Balaban J connectivity index is 1.38. The lowest BCUT2D eigenvalue weighted by atomic mass is 10.1. The topological polar surface area (TPSA) is 49.4 Å². The van der Waals surface area contributed by atoms with Crippen LogP contribution in [0.5, 0.6) is 0 Å². The van der Waals surface area contributed by atoms with Crippen molar-refractivity contribution in [1.29, 1.82) is 0 Å². The van der Waals surface area contributed by atoms with Crippen molar-refractivity contribution in [3.63, 3.8) is 0 Å². The number of carbonyl (C=O) groups excluding carboxylic acids is 2. The predicted octanol–water partition coefficient (Wildman–Crippen LogP) is 3.41. The van der Waals surface area contributed by atoms with Crippen molar-refractivity contribution >= 4 is 23.2 Å². The third kappa shape index (κ3) is 3.04. The highest BCUT2D eigenvalue weighted by Gasteiger charge is 2.50. The van der Waals surface area contributed by atoms with Crippen LogP contribution in [-0.2, 0) is 22.4 Å². The molecule has 1 aliphatic heterocycles. The molecular formula is C21H22N2O2. The van der Waals surface area contributed by atoms with Gasteiger partial charge in [-0.2, -0.15) is 0 Å². The molecule has 4 nitrogen and oxygen atoms in total. The van der Waals surface area contributed by atoms with E-state index < -0.39 is 0 Å². The summed E-state index contributed by atoms with van der Waals surface area (Å²) in [5.41, 5.74) is 4.26. The second kappa shape index (κ2) is 6.36. The fraction of sp³-hybridized carbons (Fsp3) is 0.333. The highest BCUT2D eigenvalue weighted by Crippen LogP contribution is 2.43. The van der Waals surface area contributed by atoms with Crippen molar-refractivity contribution in [2.24, 2.45) is 11.8 Å². The first-order valence-electron chi connectivity index (χ1n) is 8.96. The van der Waals surface area contributed by atoms with E-state index in [4.69, 9.17) is 0 Å². The van der Waals surface area contributed by atoms with Gasteiger partial charge in [0.25, 0.3) is 0 Å². The van der Waals surface area contributed by atoms with Crippen LogP contribution < -0.4 is 10.2 Å². The number of hydrogen-bond acceptors (Lipinski definition) is 2. The molecule has 1 aliphatic carbocycles. The van der Waals surface area contributed by atoms with Crippen LogP contribution >= 0.6 is 0 Å². The summed E-state index contributed by atoms with van der Waals surface area (Å²) in [6.07, 6.45) is 2.52. The van der Waals surface area contributed by atoms with E-state index >= 15 is 0 Å². The second-order valence-corrected chi connectivity index (χ2v) is 6.86. The fourth-order valence-electron chi connectivity index (χ4n) is 3.58. The van der Waals surface area contributed by atoms with Crippen LogP contribution in [0.3, 0.4) is 0 Å². The van der Waals surface area contributed by atoms with Crippen LogP contribution in [0.25, 0.3) is 0 Å². The van der Waals surface area contributed by atoms with E-state index in [9.17, 15) is 9.59 Å². The summed E-state index contributed by atoms with van der Waals surface area (Å²) in [5.74, 6) is -0.339. The Bertz CT molecular complexity index is 813. The maximum atomic E-state index is 12.8. The number of fused-ring (bicyclic) bond motifs is 1. The van der Waals surface area contributed by atoms with Crippen LogP contribution in [0.4, 0.5) is 11.4 Å². The van der Waals surface area contributed by atoms with Crippen molar-refractivity contribution in [2.45, 2.75) is 26.2 Å². The summed E-state index contributed by atoms with van der Waals surface area (Å²) in [6.45, 7) is 2.83. The van der Waals surface area contributed by atoms with E-state index in [1.165, 1.54) is 11.1 Å². The van der Waals surface area contributed by atoms with Crippen LogP contribution in [-0.4, -0.2) is 18.4 Å². The summed E-state index contributed by atoms with van der Waals surface area (Å²) >= 11 is 0. The van der Waals surface area contributed by atoms with Gasteiger partial charge in [0.05, 0.1) is 11.8 Å². The number of hydrogen-bond donors (Lipinski definition) is 1. The van der Waals surface area contributed by atoms with E-state index in [1.807, 2.05) is 47.4 Å². The highest BCUT2D eigenvalue weighted by molar-refractivity contribution is 6.05. The van der Waals surface area contributed by atoms with Gasteiger partial charge in [0.2, 0.25) is 11.8 Å². The molecule has 0 saturated heterocycles. The quantitative estimate of drug-likeness (QED) is 0.931. The molecule has 1 fully saturated rings. The average molecular weight is 334 g/mol. The number of benzene rings is 2. The maximum absolute atomic E-state index is 12.8. The number of nitrogens with one attached hydrogen (secondary N) is 1. The summed E-state index contributed by atoms with van der Waals surface area (Å²) in [4.78, 5) is 27.0. The van der Waals surface area contributed by atoms with Crippen LogP contribution in [0.1, 0.15) is 24.5 Å². The molecule has 128 valence electrons. The lowest BCUT2D eigenvalue weighted by molar-refractivity contribution is -0.123. The molecule has 0 bridgehead atoms. The van der Waals surface area contributed by atoms with Crippen molar-refractivity contribution < 1.29 is 9.59 Å². The number of para-hydroxylation sites is 1. The summed E-state index contributed by atoms with van der Waals surface area (Å²) in [5, 5.41) is 2.94. The van der Waals surface area contributed by atoms with Gasteiger partial charge < -0.3 is 10.2 Å². The smallest absolute Gasteiger partial charge is 0.230 e. The molecule has 2 aliphatic rings. The minimum absolute atomic E-state index is 0.0462. The Kier molecular flexibility index (Phi) is 4.04. The number of carbonyl (C=O) groups is 2. The number of aryl methyl sites for hydroxylation is 1. The molecule has 2 atom stereocenters. The average Bonchev–Trinajstić information content (AvgIpc) is 3.34. The molecule has 2 unspecified atom stereocenters. The first kappa shape index (κ1) is 15.9. The van der Waals surface area contributed by atoms with Gasteiger partial charge in [-0.15, -0.1) is 0 Å². The number of rotatable bonds is 4. The molecule has 0 aromatic heterocycles. The minimum atomic E-state index is -0.203. The Labute approximate surface area is 147 Å². The van der Waals surface area contributed by atoms with Crippen molar-refractivity contribution in [3.05, 3.63) is 59.7 Å². The monoisotopic (exact) mass is 334 g/mol. The zero-order chi connectivity index (χ0) is 17.4. The molecular weight excluding hydrogens is 312 g/mol. The van der Waals surface area contributed by atoms with Gasteiger partial charge in [-0.1, -0.05) is 37.3 Å². The number of amides is 2. The Hall–Kier alpha value is -2.62. The lowest BCUT2D eigenvalue weighted by Crippen LogP contribution is -2.31. The van der Waals surface area contributed by atoms with Gasteiger partial charge in [-0.25, -0.2) is 0 Å². The molecule has 0 spiro atoms. The van der Waals surface area contributed by atoms with Crippen LogP contribution in [0.2, 0.25) is 0 Å². The SMILES string of the molecule is CCc1ccc(NC(=O)C2CC2C(=O)N2CCc3ccccc32)cc1. The highest BCUT2D eigenvalue weighted by atomic mass is 16.2. The van der Waals surface area contributed by atoms with Crippen molar-refractivity contribution in [2.75, 3.05) is 16.8 Å². The van der Waals surface area contributed by atoms with Gasteiger partial charge >= 0.3 is 0 Å². The van der Waals surface area contributed by atoms with E-state index in [2.05, 4.69) is 18.3 Å².